The zero-order valence-electron chi connectivity index (χ0n) is 19.2. The Morgan fingerprint density at radius 1 is 1.07 bits per heavy atom. The Morgan fingerprint density at radius 2 is 1.83 bits per heavy atom. The van der Waals surface area contributed by atoms with Gasteiger partial charge in [-0.25, -0.2) is 0 Å². The lowest BCUT2D eigenvalue weighted by Gasteiger charge is -2.59. The van der Waals surface area contributed by atoms with E-state index in [0.717, 1.165) is 19.3 Å². The molecule has 4 rings (SSSR count). The van der Waals surface area contributed by atoms with Crippen molar-refractivity contribution in [3.8, 4) is 0 Å². The lowest BCUT2D eigenvalue weighted by Crippen LogP contribution is -2.54. The monoisotopic (exact) mass is 398 g/mol. The van der Waals surface area contributed by atoms with Crippen LogP contribution >= 0.6 is 0 Å². The molecule has 0 amide bonds. The first kappa shape index (κ1) is 21.4. The summed E-state index contributed by atoms with van der Waals surface area (Å²) in [6.07, 6.45) is 16.4. The Bertz CT molecular complexity index is 714. The molecule has 0 spiro atoms. The van der Waals surface area contributed by atoms with E-state index in [9.17, 15) is 10.2 Å². The van der Waals surface area contributed by atoms with Crippen molar-refractivity contribution in [1.82, 2.24) is 0 Å². The first-order valence-electron chi connectivity index (χ1n) is 12.1. The minimum Gasteiger partial charge on any atom is -0.393 e. The molecule has 9 unspecified atom stereocenters. The molecule has 29 heavy (non-hydrogen) atoms. The van der Waals surface area contributed by atoms with E-state index in [1.165, 1.54) is 36.8 Å². The Hall–Kier alpha value is -0.860. The summed E-state index contributed by atoms with van der Waals surface area (Å²) in [5.41, 5.74) is 3.23. The molecule has 0 aromatic rings. The van der Waals surface area contributed by atoms with Crippen molar-refractivity contribution in [3.63, 3.8) is 0 Å². The van der Waals surface area contributed by atoms with Crippen LogP contribution in [0.4, 0.5) is 0 Å². The predicted molar refractivity (Wildman–Crippen MR) is 120 cm³/mol. The molecule has 2 heteroatoms. The molecule has 0 heterocycles. The topological polar surface area (TPSA) is 40.5 Å². The largest absolute Gasteiger partial charge is 0.393 e. The number of rotatable bonds is 3. The Balaban J connectivity index is 1.60. The van der Waals surface area contributed by atoms with Gasteiger partial charge in [-0.15, -0.1) is 0 Å². The van der Waals surface area contributed by atoms with E-state index in [2.05, 4.69) is 58.9 Å². The molecule has 162 valence electrons. The molecule has 0 bridgehead atoms. The highest BCUT2D eigenvalue weighted by molar-refractivity contribution is 5.28. The maximum absolute atomic E-state index is 11.3. The average molecular weight is 399 g/mol. The molecule has 9 atom stereocenters. The lowest BCUT2D eigenvalue weighted by atomic mass is 9.46. The van der Waals surface area contributed by atoms with Gasteiger partial charge in [0.05, 0.1) is 12.2 Å². The standard InChI is InChI=1S/C27H42O2/c1-17(2)7-6-8-18(3)21-9-10-22-25-23(12-14-27(21,22)5)26(4)13-11-20(28)15-19(26)16-24(25)29/h6-8,16,18,20-25,28-29H,9-15H2,1-5H3. The van der Waals surface area contributed by atoms with E-state index < -0.39 is 0 Å². The highest BCUT2D eigenvalue weighted by atomic mass is 16.3. The number of aliphatic hydroxyl groups is 2. The molecule has 3 fully saturated rings. The van der Waals surface area contributed by atoms with Crippen molar-refractivity contribution >= 4 is 0 Å². The molecular weight excluding hydrogens is 356 g/mol. The maximum atomic E-state index is 11.3. The zero-order chi connectivity index (χ0) is 21.0. The van der Waals surface area contributed by atoms with Crippen LogP contribution in [0.3, 0.4) is 0 Å². The average Bonchev–Trinajstić information content (AvgIpc) is 3.00. The second-order valence-electron chi connectivity index (χ2n) is 11.5. The van der Waals surface area contributed by atoms with Crippen LogP contribution in [0, 0.1) is 40.4 Å². The van der Waals surface area contributed by atoms with Crippen LogP contribution in [0.25, 0.3) is 0 Å². The number of fused-ring (bicyclic) bond motifs is 5. The maximum Gasteiger partial charge on any atom is 0.0757 e. The van der Waals surface area contributed by atoms with Crippen LogP contribution in [0.1, 0.15) is 79.6 Å². The van der Waals surface area contributed by atoms with Gasteiger partial charge in [-0.05, 0) is 99.2 Å². The molecule has 0 saturated heterocycles. The quantitative estimate of drug-likeness (QED) is 0.448. The van der Waals surface area contributed by atoms with Gasteiger partial charge in [-0.3, -0.25) is 0 Å². The molecule has 2 nitrogen and oxygen atoms in total. The third kappa shape index (κ3) is 3.49. The molecule has 4 aliphatic carbocycles. The van der Waals surface area contributed by atoms with Gasteiger partial charge >= 0.3 is 0 Å². The fourth-order valence-corrected chi connectivity index (χ4v) is 8.09. The first-order valence-corrected chi connectivity index (χ1v) is 12.1. The molecule has 3 saturated carbocycles. The van der Waals surface area contributed by atoms with Crippen molar-refractivity contribution in [2.45, 2.75) is 91.8 Å². The minimum absolute atomic E-state index is 0.192. The summed E-state index contributed by atoms with van der Waals surface area (Å²) in [5, 5.41) is 21.5. The van der Waals surface area contributed by atoms with E-state index in [4.69, 9.17) is 0 Å². The van der Waals surface area contributed by atoms with Gasteiger partial charge in [0.1, 0.15) is 0 Å². The van der Waals surface area contributed by atoms with E-state index in [1.807, 2.05) is 0 Å². The van der Waals surface area contributed by atoms with Crippen molar-refractivity contribution in [2.24, 2.45) is 40.4 Å². The molecule has 0 aromatic carbocycles. The summed E-state index contributed by atoms with van der Waals surface area (Å²) < 4.78 is 0. The van der Waals surface area contributed by atoms with Crippen LogP contribution in [-0.2, 0) is 0 Å². The fraction of sp³-hybridized carbons (Fsp3) is 0.778. The molecule has 0 aromatic heterocycles. The minimum atomic E-state index is -0.326. The van der Waals surface area contributed by atoms with E-state index in [0.29, 0.717) is 35.0 Å². The van der Waals surface area contributed by atoms with Gasteiger partial charge in [0, 0.05) is 0 Å². The summed E-state index contributed by atoms with van der Waals surface area (Å²) in [6, 6.07) is 0. The van der Waals surface area contributed by atoms with E-state index in [1.54, 1.807) is 0 Å². The number of hydrogen-bond donors (Lipinski definition) is 2. The molecule has 0 radical (unpaired) electrons. The number of hydrogen-bond acceptors (Lipinski definition) is 2. The van der Waals surface area contributed by atoms with Gasteiger partial charge < -0.3 is 10.2 Å². The first-order chi connectivity index (χ1) is 13.7. The molecular formula is C27H42O2. The summed E-state index contributed by atoms with van der Waals surface area (Å²) >= 11 is 0. The van der Waals surface area contributed by atoms with Crippen LogP contribution < -0.4 is 0 Å². The van der Waals surface area contributed by atoms with Crippen LogP contribution in [0.5, 0.6) is 0 Å². The summed E-state index contributed by atoms with van der Waals surface area (Å²) in [6.45, 7) is 11.7. The number of aliphatic hydroxyl groups excluding tert-OH is 2. The van der Waals surface area contributed by atoms with Gasteiger partial charge in [0.25, 0.3) is 0 Å². The van der Waals surface area contributed by atoms with Gasteiger partial charge in [0.2, 0.25) is 0 Å². The molecule has 0 aliphatic heterocycles. The summed E-state index contributed by atoms with van der Waals surface area (Å²) in [4.78, 5) is 0. The highest BCUT2D eigenvalue weighted by Gasteiger charge is 2.60. The molecule has 2 N–H and O–H groups in total. The lowest BCUT2D eigenvalue weighted by molar-refractivity contribution is -0.0950. The van der Waals surface area contributed by atoms with E-state index >= 15 is 0 Å². The second-order valence-corrected chi connectivity index (χ2v) is 11.5. The van der Waals surface area contributed by atoms with Crippen molar-refractivity contribution in [3.05, 3.63) is 35.5 Å². The SMILES string of the molecule is CC(C)=CC=CC(C)C1CCC2C3C(O)C=C4CC(O)CCC4(C)C3CCC12C. The summed E-state index contributed by atoms with van der Waals surface area (Å²) in [7, 11) is 0. The van der Waals surface area contributed by atoms with Gasteiger partial charge in [-0.1, -0.05) is 56.2 Å². The third-order valence-corrected chi connectivity index (χ3v) is 9.66. The van der Waals surface area contributed by atoms with Crippen LogP contribution in [0.2, 0.25) is 0 Å². The predicted octanol–water partition coefficient (Wildman–Crippen LogP) is 6.06. The van der Waals surface area contributed by atoms with E-state index in [-0.39, 0.29) is 17.6 Å². The Kier molecular flexibility index (Phi) is 5.66. The normalized spacial score (nSPS) is 47.8. The Labute approximate surface area is 178 Å². The van der Waals surface area contributed by atoms with Crippen LogP contribution in [-0.4, -0.2) is 22.4 Å². The zero-order valence-corrected chi connectivity index (χ0v) is 19.2. The second kappa shape index (κ2) is 7.68. The van der Waals surface area contributed by atoms with Gasteiger partial charge in [-0.2, -0.15) is 0 Å². The smallest absolute Gasteiger partial charge is 0.0757 e. The molecule has 4 aliphatic rings. The summed E-state index contributed by atoms with van der Waals surface area (Å²) in [5.74, 6) is 2.91. The van der Waals surface area contributed by atoms with Crippen molar-refractivity contribution < 1.29 is 10.2 Å². The van der Waals surface area contributed by atoms with Crippen molar-refractivity contribution in [1.29, 1.82) is 0 Å². The Morgan fingerprint density at radius 3 is 2.55 bits per heavy atom. The number of allylic oxidation sites excluding steroid dienone is 4. The van der Waals surface area contributed by atoms with Crippen molar-refractivity contribution in [2.75, 3.05) is 0 Å². The third-order valence-electron chi connectivity index (χ3n) is 9.66. The fourth-order valence-electron chi connectivity index (χ4n) is 8.09. The highest BCUT2D eigenvalue weighted by Crippen LogP contribution is 2.67. The van der Waals surface area contributed by atoms with Crippen LogP contribution in [0.15, 0.2) is 35.5 Å². The van der Waals surface area contributed by atoms with Gasteiger partial charge in [0.15, 0.2) is 0 Å².